The maximum Gasteiger partial charge on any atom is 0.0516 e. The minimum Gasteiger partial charge on any atom is -0.378 e. The third kappa shape index (κ3) is 3.85. The summed E-state index contributed by atoms with van der Waals surface area (Å²) < 4.78 is 0. The summed E-state index contributed by atoms with van der Waals surface area (Å²) in [5.41, 5.74) is 3.89. The first kappa shape index (κ1) is 13.7. The summed E-state index contributed by atoms with van der Waals surface area (Å²) in [7, 11) is 0. The fourth-order valence-corrected chi connectivity index (χ4v) is 2.36. The number of anilines is 1. The molecule has 1 nitrogen and oxygen atoms in total. The van der Waals surface area contributed by atoms with Crippen LogP contribution in [0.4, 0.5) is 5.69 Å². The highest BCUT2D eigenvalue weighted by molar-refractivity contribution is 5.51. The zero-order valence-electron chi connectivity index (χ0n) is 12.1. The Kier molecular flexibility index (Phi) is 4.62. The van der Waals surface area contributed by atoms with E-state index in [1.807, 2.05) is 0 Å². The van der Waals surface area contributed by atoms with Gasteiger partial charge in [0.05, 0.1) is 6.04 Å². The zero-order chi connectivity index (χ0) is 13.7. The number of hydrogen-bond acceptors (Lipinski definition) is 1. The number of rotatable bonds is 5. The van der Waals surface area contributed by atoms with Crippen molar-refractivity contribution in [2.75, 3.05) is 5.32 Å². The highest BCUT2D eigenvalue weighted by atomic mass is 14.9. The first-order chi connectivity index (χ1) is 9.16. The Bertz CT molecular complexity index is 502. The number of para-hydroxylation sites is 1. The average Bonchev–Trinajstić information content (AvgIpc) is 2.41. The van der Waals surface area contributed by atoms with Crippen LogP contribution in [-0.2, 0) is 0 Å². The standard InChI is InChI=1S/C18H23N/c1-14(2)13-18(16-10-5-4-6-11-16)19-17-12-8-7-9-15(17)3/h4-12,14,18-19H,13H2,1-3H3. The molecule has 1 N–H and O–H groups in total. The fraction of sp³-hybridized carbons (Fsp3) is 0.333. The van der Waals surface area contributed by atoms with Gasteiger partial charge in [0.1, 0.15) is 0 Å². The summed E-state index contributed by atoms with van der Waals surface area (Å²) in [5.74, 6) is 0.668. The summed E-state index contributed by atoms with van der Waals surface area (Å²) in [5, 5.41) is 3.69. The Morgan fingerprint density at radius 1 is 0.895 bits per heavy atom. The van der Waals surface area contributed by atoms with Gasteiger partial charge >= 0.3 is 0 Å². The minimum absolute atomic E-state index is 0.377. The zero-order valence-corrected chi connectivity index (χ0v) is 12.1. The lowest BCUT2D eigenvalue weighted by Gasteiger charge is -2.23. The maximum atomic E-state index is 3.69. The van der Waals surface area contributed by atoms with Crippen LogP contribution in [0.15, 0.2) is 54.6 Å². The summed E-state index contributed by atoms with van der Waals surface area (Å²) in [6.07, 6.45) is 1.14. The minimum atomic E-state index is 0.377. The quantitative estimate of drug-likeness (QED) is 0.772. The van der Waals surface area contributed by atoms with Crippen LogP contribution < -0.4 is 5.32 Å². The molecule has 2 aromatic rings. The highest BCUT2D eigenvalue weighted by Crippen LogP contribution is 2.27. The van der Waals surface area contributed by atoms with Gasteiger partial charge in [-0.15, -0.1) is 0 Å². The molecule has 0 aromatic heterocycles. The van der Waals surface area contributed by atoms with E-state index in [0.717, 1.165) is 6.42 Å². The van der Waals surface area contributed by atoms with Gasteiger partial charge in [0.2, 0.25) is 0 Å². The van der Waals surface area contributed by atoms with Gasteiger partial charge in [0, 0.05) is 5.69 Å². The molecule has 1 heteroatoms. The van der Waals surface area contributed by atoms with Gasteiger partial charge in [-0.1, -0.05) is 62.4 Å². The number of benzene rings is 2. The van der Waals surface area contributed by atoms with Crippen LogP contribution in [0.1, 0.15) is 37.4 Å². The third-order valence-corrected chi connectivity index (χ3v) is 3.38. The van der Waals surface area contributed by atoms with E-state index >= 15 is 0 Å². The van der Waals surface area contributed by atoms with Crippen LogP contribution in [0.25, 0.3) is 0 Å². The van der Waals surface area contributed by atoms with Gasteiger partial charge in [-0.05, 0) is 36.5 Å². The number of hydrogen-bond donors (Lipinski definition) is 1. The lowest BCUT2D eigenvalue weighted by Crippen LogP contribution is -2.13. The number of aryl methyl sites for hydroxylation is 1. The van der Waals surface area contributed by atoms with Crippen LogP contribution in [0.2, 0.25) is 0 Å². The van der Waals surface area contributed by atoms with Crippen molar-refractivity contribution in [1.29, 1.82) is 0 Å². The predicted octanol–water partition coefficient (Wildman–Crippen LogP) is 5.19. The molecule has 0 amide bonds. The van der Waals surface area contributed by atoms with Crippen LogP contribution in [-0.4, -0.2) is 0 Å². The van der Waals surface area contributed by atoms with Gasteiger partial charge < -0.3 is 5.32 Å². The first-order valence-corrected chi connectivity index (χ1v) is 7.04. The van der Waals surface area contributed by atoms with Crippen molar-refractivity contribution in [2.24, 2.45) is 5.92 Å². The summed E-state index contributed by atoms with van der Waals surface area (Å²) in [6.45, 7) is 6.70. The van der Waals surface area contributed by atoms with E-state index in [9.17, 15) is 0 Å². The molecule has 0 fully saturated rings. The SMILES string of the molecule is Cc1ccccc1NC(CC(C)C)c1ccccc1. The van der Waals surface area contributed by atoms with Crippen molar-refractivity contribution < 1.29 is 0 Å². The lowest BCUT2D eigenvalue weighted by atomic mass is 9.96. The molecular formula is C18H23N. The van der Waals surface area contributed by atoms with E-state index in [4.69, 9.17) is 0 Å². The van der Waals surface area contributed by atoms with E-state index in [1.54, 1.807) is 0 Å². The smallest absolute Gasteiger partial charge is 0.0516 e. The molecule has 2 aromatic carbocycles. The summed E-state index contributed by atoms with van der Waals surface area (Å²) in [4.78, 5) is 0. The molecule has 0 saturated carbocycles. The largest absolute Gasteiger partial charge is 0.378 e. The molecule has 0 bridgehead atoms. The van der Waals surface area contributed by atoms with Crippen LogP contribution in [0, 0.1) is 12.8 Å². The van der Waals surface area contributed by atoms with E-state index in [-0.39, 0.29) is 0 Å². The Labute approximate surface area is 116 Å². The second kappa shape index (κ2) is 6.42. The lowest BCUT2D eigenvalue weighted by molar-refractivity contribution is 0.531. The van der Waals surface area contributed by atoms with E-state index in [1.165, 1.54) is 16.8 Å². The Hall–Kier alpha value is -1.76. The molecule has 1 unspecified atom stereocenters. The summed E-state index contributed by atoms with van der Waals surface area (Å²) >= 11 is 0. The molecule has 2 rings (SSSR count). The fourth-order valence-electron chi connectivity index (χ4n) is 2.36. The van der Waals surface area contributed by atoms with Crippen LogP contribution in [0.3, 0.4) is 0 Å². The van der Waals surface area contributed by atoms with Crippen molar-refractivity contribution >= 4 is 5.69 Å². The van der Waals surface area contributed by atoms with E-state index in [0.29, 0.717) is 12.0 Å². The van der Waals surface area contributed by atoms with Crippen molar-refractivity contribution in [3.8, 4) is 0 Å². The van der Waals surface area contributed by atoms with Gasteiger partial charge in [-0.25, -0.2) is 0 Å². The van der Waals surface area contributed by atoms with Gasteiger partial charge in [-0.3, -0.25) is 0 Å². The third-order valence-electron chi connectivity index (χ3n) is 3.38. The van der Waals surface area contributed by atoms with Gasteiger partial charge in [0.15, 0.2) is 0 Å². The van der Waals surface area contributed by atoms with E-state index < -0.39 is 0 Å². The normalized spacial score (nSPS) is 12.4. The molecule has 100 valence electrons. The average molecular weight is 253 g/mol. The van der Waals surface area contributed by atoms with Crippen LogP contribution >= 0.6 is 0 Å². The molecule has 0 aliphatic carbocycles. The highest BCUT2D eigenvalue weighted by Gasteiger charge is 2.13. The van der Waals surface area contributed by atoms with Crippen molar-refractivity contribution in [2.45, 2.75) is 33.2 Å². The van der Waals surface area contributed by atoms with Crippen molar-refractivity contribution in [3.05, 3.63) is 65.7 Å². The van der Waals surface area contributed by atoms with Crippen LogP contribution in [0.5, 0.6) is 0 Å². The molecule has 0 aliphatic heterocycles. The Morgan fingerprint density at radius 3 is 2.16 bits per heavy atom. The summed E-state index contributed by atoms with van der Waals surface area (Å²) in [6, 6.07) is 19.6. The van der Waals surface area contributed by atoms with E-state index in [2.05, 4.69) is 80.7 Å². The molecular weight excluding hydrogens is 230 g/mol. The van der Waals surface area contributed by atoms with Gasteiger partial charge in [0.25, 0.3) is 0 Å². The predicted molar refractivity (Wildman–Crippen MR) is 83.4 cm³/mol. The van der Waals surface area contributed by atoms with Gasteiger partial charge in [-0.2, -0.15) is 0 Å². The van der Waals surface area contributed by atoms with Crippen molar-refractivity contribution in [1.82, 2.24) is 0 Å². The molecule has 0 spiro atoms. The molecule has 0 radical (unpaired) electrons. The maximum absolute atomic E-state index is 3.69. The molecule has 19 heavy (non-hydrogen) atoms. The second-order valence-corrected chi connectivity index (χ2v) is 5.55. The molecule has 0 saturated heterocycles. The molecule has 1 atom stereocenters. The monoisotopic (exact) mass is 253 g/mol. The topological polar surface area (TPSA) is 12.0 Å². The molecule has 0 aliphatic rings. The molecule has 0 heterocycles. The second-order valence-electron chi connectivity index (χ2n) is 5.55. The van der Waals surface area contributed by atoms with Crippen molar-refractivity contribution in [3.63, 3.8) is 0 Å². The number of nitrogens with one attached hydrogen (secondary N) is 1. The first-order valence-electron chi connectivity index (χ1n) is 7.04. The Balaban J connectivity index is 2.22. The Morgan fingerprint density at radius 2 is 1.53 bits per heavy atom.